The largest absolute Gasteiger partial charge is 0.360 e. The second-order valence-electron chi connectivity index (χ2n) is 7.97. The molecule has 0 radical (unpaired) electrons. The summed E-state index contributed by atoms with van der Waals surface area (Å²) in [7, 11) is 0. The SMILES string of the molecule is Cc1onc(-c2ccccc2Cl)c1C(=O)N1CC2(CC(=O)N(Cc3ccccc3)O2)C1. The quantitative estimate of drug-likeness (QED) is 0.619. The number of halogens is 1. The summed E-state index contributed by atoms with van der Waals surface area (Å²) in [6, 6.07) is 16.9. The van der Waals surface area contributed by atoms with Gasteiger partial charge >= 0.3 is 0 Å². The first-order chi connectivity index (χ1) is 15.0. The van der Waals surface area contributed by atoms with Gasteiger partial charge in [-0.05, 0) is 18.6 Å². The third-order valence-electron chi connectivity index (χ3n) is 5.68. The Balaban J connectivity index is 1.31. The van der Waals surface area contributed by atoms with Crippen molar-refractivity contribution in [2.75, 3.05) is 13.1 Å². The number of hydroxylamine groups is 2. The number of rotatable bonds is 4. The minimum Gasteiger partial charge on any atom is -0.360 e. The zero-order valence-electron chi connectivity index (χ0n) is 16.9. The molecule has 2 aliphatic rings. The van der Waals surface area contributed by atoms with Gasteiger partial charge in [0, 0.05) is 5.56 Å². The van der Waals surface area contributed by atoms with Crippen LogP contribution in [0, 0.1) is 6.92 Å². The Morgan fingerprint density at radius 3 is 2.58 bits per heavy atom. The third-order valence-corrected chi connectivity index (χ3v) is 6.00. The zero-order valence-corrected chi connectivity index (χ0v) is 17.6. The number of hydrogen-bond donors (Lipinski definition) is 0. The number of benzene rings is 2. The van der Waals surface area contributed by atoms with Crippen LogP contribution in [0.25, 0.3) is 11.3 Å². The molecule has 2 saturated heterocycles. The van der Waals surface area contributed by atoms with E-state index in [4.69, 9.17) is 21.0 Å². The fourth-order valence-electron chi connectivity index (χ4n) is 4.13. The minimum atomic E-state index is -0.669. The number of hydrogen-bond acceptors (Lipinski definition) is 5. The van der Waals surface area contributed by atoms with Gasteiger partial charge in [0.15, 0.2) is 0 Å². The van der Waals surface area contributed by atoms with Gasteiger partial charge in [0.25, 0.3) is 5.91 Å². The predicted molar refractivity (Wildman–Crippen MR) is 113 cm³/mol. The number of aryl methyl sites for hydroxylation is 1. The molecule has 2 aliphatic heterocycles. The van der Waals surface area contributed by atoms with Gasteiger partial charge in [-0.25, -0.2) is 5.06 Å². The number of amides is 2. The van der Waals surface area contributed by atoms with E-state index in [9.17, 15) is 9.59 Å². The molecule has 0 aliphatic carbocycles. The molecule has 8 heteroatoms. The van der Waals surface area contributed by atoms with E-state index in [2.05, 4.69) is 5.16 Å². The van der Waals surface area contributed by atoms with Crippen molar-refractivity contribution in [3.63, 3.8) is 0 Å². The van der Waals surface area contributed by atoms with Crippen LogP contribution in [0.15, 0.2) is 59.1 Å². The van der Waals surface area contributed by atoms with E-state index in [1.54, 1.807) is 24.0 Å². The van der Waals surface area contributed by atoms with Crippen molar-refractivity contribution in [1.29, 1.82) is 0 Å². The molecule has 158 valence electrons. The summed E-state index contributed by atoms with van der Waals surface area (Å²) in [4.78, 5) is 33.4. The van der Waals surface area contributed by atoms with E-state index in [0.717, 1.165) is 5.56 Å². The van der Waals surface area contributed by atoms with Crippen molar-refractivity contribution < 1.29 is 18.9 Å². The van der Waals surface area contributed by atoms with Crippen molar-refractivity contribution in [3.05, 3.63) is 76.5 Å². The molecule has 5 rings (SSSR count). The van der Waals surface area contributed by atoms with E-state index < -0.39 is 5.60 Å². The molecule has 0 atom stereocenters. The smallest absolute Gasteiger partial charge is 0.259 e. The van der Waals surface area contributed by atoms with E-state index in [1.165, 1.54) is 5.06 Å². The predicted octanol–water partition coefficient (Wildman–Crippen LogP) is 3.86. The van der Waals surface area contributed by atoms with E-state index in [0.29, 0.717) is 47.2 Å². The topological polar surface area (TPSA) is 75.9 Å². The Kier molecular flexibility index (Phi) is 4.79. The van der Waals surface area contributed by atoms with E-state index in [-0.39, 0.29) is 18.2 Å². The van der Waals surface area contributed by atoms with Crippen LogP contribution in [-0.4, -0.2) is 45.6 Å². The highest BCUT2D eigenvalue weighted by Gasteiger charge is 2.55. The van der Waals surface area contributed by atoms with Gasteiger partial charge in [0.2, 0.25) is 5.91 Å². The van der Waals surface area contributed by atoms with Gasteiger partial charge in [0.05, 0.1) is 31.1 Å². The molecule has 3 heterocycles. The van der Waals surface area contributed by atoms with Crippen LogP contribution in [0.2, 0.25) is 5.02 Å². The highest BCUT2D eigenvalue weighted by atomic mass is 35.5. The van der Waals surface area contributed by atoms with Crippen LogP contribution < -0.4 is 0 Å². The number of aromatic nitrogens is 1. The summed E-state index contributed by atoms with van der Waals surface area (Å²) >= 11 is 6.30. The van der Waals surface area contributed by atoms with Gasteiger partial charge < -0.3 is 9.42 Å². The highest BCUT2D eigenvalue weighted by Crippen LogP contribution is 2.39. The minimum absolute atomic E-state index is 0.0751. The lowest BCUT2D eigenvalue weighted by atomic mass is 9.89. The Bertz CT molecular complexity index is 1150. The summed E-state index contributed by atoms with van der Waals surface area (Å²) in [5.74, 6) is 0.140. The maximum absolute atomic E-state index is 13.2. The summed E-state index contributed by atoms with van der Waals surface area (Å²) in [6.07, 6.45) is 0.254. The average molecular weight is 438 g/mol. The van der Waals surface area contributed by atoms with Crippen molar-refractivity contribution >= 4 is 23.4 Å². The molecule has 0 unspecified atom stereocenters. The van der Waals surface area contributed by atoms with Crippen molar-refractivity contribution in [1.82, 2.24) is 15.1 Å². The maximum Gasteiger partial charge on any atom is 0.259 e. The first-order valence-corrected chi connectivity index (χ1v) is 10.4. The van der Waals surface area contributed by atoms with Crippen LogP contribution in [0.4, 0.5) is 0 Å². The van der Waals surface area contributed by atoms with Crippen LogP contribution in [0.1, 0.15) is 28.1 Å². The normalized spacial score (nSPS) is 17.3. The fourth-order valence-corrected chi connectivity index (χ4v) is 4.36. The number of carbonyl (C=O) groups excluding carboxylic acids is 2. The molecule has 2 fully saturated rings. The van der Waals surface area contributed by atoms with Crippen molar-refractivity contribution in [2.24, 2.45) is 0 Å². The van der Waals surface area contributed by atoms with E-state index in [1.807, 2.05) is 42.5 Å². The molecule has 0 N–H and O–H groups in total. The molecule has 1 aromatic heterocycles. The third kappa shape index (κ3) is 3.49. The second kappa shape index (κ2) is 7.51. The lowest BCUT2D eigenvalue weighted by Gasteiger charge is -2.45. The Labute approximate surface area is 184 Å². The number of nitrogens with zero attached hydrogens (tertiary/aromatic N) is 3. The lowest BCUT2D eigenvalue weighted by Crippen LogP contribution is -2.63. The van der Waals surface area contributed by atoms with Gasteiger partial charge in [-0.3, -0.25) is 14.4 Å². The average Bonchev–Trinajstić information content (AvgIpc) is 3.28. The molecule has 0 saturated carbocycles. The summed E-state index contributed by atoms with van der Waals surface area (Å²) < 4.78 is 5.31. The Morgan fingerprint density at radius 2 is 1.84 bits per heavy atom. The lowest BCUT2D eigenvalue weighted by molar-refractivity contribution is -0.233. The number of carbonyl (C=O) groups is 2. The van der Waals surface area contributed by atoms with Gasteiger partial charge in [-0.1, -0.05) is 65.3 Å². The summed E-state index contributed by atoms with van der Waals surface area (Å²) in [5.41, 5.74) is 1.76. The molecule has 31 heavy (non-hydrogen) atoms. The van der Waals surface area contributed by atoms with Gasteiger partial charge in [-0.15, -0.1) is 0 Å². The van der Waals surface area contributed by atoms with Crippen LogP contribution in [0.5, 0.6) is 0 Å². The van der Waals surface area contributed by atoms with Crippen LogP contribution >= 0.6 is 11.6 Å². The standard InChI is InChI=1S/C23H20ClN3O4/c1-15-20(21(25-30-15)17-9-5-6-10-18(17)24)22(29)26-13-23(14-26)11-19(28)27(31-23)12-16-7-3-2-4-8-16/h2-10H,11-14H2,1H3. The van der Waals surface area contributed by atoms with Crippen molar-refractivity contribution in [2.45, 2.75) is 25.5 Å². The Morgan fingerprint density at radius 1 is 1.13 bits per heavy atom. The molecule has 7 nitrogen and oxygen atoms in total. The maximum atomic E-state index is 13.2. The molecular weight excluding hydrogens is 418 g/mol. The molecule has 2 amide bonds. The summed E-state index contributed by atoms with van der Waals surface area (Å²) in [5, 5.41) is 5.96. The van der Waals surface area contributed by atoms with Crippen LogP contribution in [0.3, 0.4) is 0 Å². The molecular formula is C23H20ClN3O4. The Hall–Kier alpha value is -3.16. The molecule has 3 aromatic rings. The monoisotopic (exact) mass is 437 g/mol. The van der Waals surface area contributed by atoms with Gasteiger partial charge in [0.1, 0.15) is 22.6 Å². The first-order valence-electron chi connectivity index (χ1n) is 10.00. The van der Waals surface area contributed by atoms with Gasteiger partial charge in [-0.2, -0.15) is 0 Å². The highest BCUT2D eigenvalue weighted by molar-refractivity contribution is 6.33. The molecule has 2 aromatic carbocycles. The fraction of sp³-hybridized carbons (Fsp3) is 0.261. The van der Waals surface area contributed by atoms with E-state index >= 15 is 0 Å². The first kappa shape index (κ1) is 19.8. The molecule has 0 bridgehead atoms. The zero-order chi connectivity index (χ0) is 21.6. The van der Waals surface area contributed by atoms with Crippen molar-refractivity contribution in [3.8, 4) is 11.3 Å². The number of likely N-dealkylation sites (tertiary alicyclic amines) is 1. The van der Waals surface area contributed by atoms with Crippen LogP contribution in [-0.2, 0) is 16.2 Å². The molecule has 1 spiro atoms. The second-order valence-corrected chi connectivity index (χ2v) is 8.38. The summed E-state index contributed by atoms with van der Waals surface area (Å²) in [6.45, 7) is 2.75.